The van der Waals surface area contributed by atoms with E-state index in [9.17, 15) is 9.18 Å². The molecule has 1 aliphatic carbocycles. The van der Waals surface area contributed by atoms with Crippen molar-refractivity contribution in [2.24, 2.45) is 0 Å². The minimum atomic E-state index is -2.37. The highest BCUT2D eigenvalue weighted by Crippen LogP contribution is 2.54. The van der Waals surface area contributed by atoms with E-state index in [2.05, 4.69) is 30.3 Å². The van der Waals surface area contributed by atoms with E-state index < -0.39 is 6.89 Å². The Kier molecular flexibility index (Phi) is 5.49. The Labute approximate surface area is 170 Å². The molecular weight excluding hydrogens is 378 g/mol. The van der Waals surface area contributed by atoms with Crippen molar-refractivity contribution in [1.29, 1.82) is 0 Å². The molecule has 0 saturated carbocycles. The van der Waals surface area contributed by atoms with Crippen molar-refractivity contribution < 1.29 is 9.18 Å². The Morgan fingerprint density at radius 1 is 0.828 bits per heavy atom. The third-order valence-electron chi connectivity index (χ3n) is 4.87. The third-order valence-corrected chi connectivity index (χ3v) is 8.83. The summed E-state index contributed by atoms with van der Waals surface area (Å²) in [6.07, 6.45) is 10.9. The van der Waals surface area contributed by atoms with Gasteiger partial charge in [-0.15, -0.1) is 0 Å². The molecule has 3 aromatic carbocycles. The predicted molar refractivity (Wildman–Crippen MR) is 121 cm³/mol. The van der Waals surface area contributed by atoms with Crippen LogP contribution < -0.4 is 10.6 Å². The number of allylic oxidation sites excluding steroid dienone is 6. The van der Waals surface area contributed by atoms with E-state index in [0.29, 0.717) is 5.56 Å². The summed E-state index contributed by atoms with van der Waals surface area (Å²) in [5, 5.41) is 3.25. The summed E-state index contributed by atoms with van der Waals surface area (Å²) >= 11 is 0. The lowest BCUT2D eigenvalue weighted by atomic mass is 10.1. The fraction of sp³-hybridized carbons (Fsp3) is 0. The summed E-state index contributed by atoms with van der Waals surface area (Å²) in [5.74, 6) is 1.38. The molecule has 0 aliphatic heterocycles. The summed E-state index contributed by atoms with van der Waals surface area (Å²) < 4.78 is 13.4. The van der Waals surface area contributed by atoms with Gasteiger partial charge < -0.3 is 0 Å². The van der Waals surface area contributed by atoms with Gasteiger partial charge in [0.25, 0.3) is 0 Å². The van der Waals surface area contributed by atoms with Gasteiger partial charge in [-0.25, -0.2) is 4.39 Å². The number of Topliss-reactive ketones (excluding diaryl/α,β-unsaturated/α-hetero) is 1. The molecule has 140 valence electrons. The number of ketones is 1. The van der Waals surface area contributed by atoms with Gasteiger partial charge in [-0.05, 0) is 40.7 Å². The summed E-state index contributed by atoms with van der Waals surface area (Å²) in [5.41, 5.74) is 0.477. The van der Waals surface area contributed by atoms with Crippen LogP contribution in [0.25, 0.3) is 0 Å². The van der Waals surface area contributed by atoms with Crippen molar-refractivity contribution >= 4 is 29.1 Å². The van der Waals surface area contributed by atoms with Gasteiger partial charge in [0.05, 0.1) is 17.5 Å². The Morgan fingerprint density at radius 2 is 1.41 bits per heavy atom. The van der Waals surface area contributed by atoms with Crippen molar-refractivity contribution in [1.82, 2.24) is 0 Å². The fourth-order valence-corrected chi connectivity index (χ4v) is 7.22. The molecule has 0 fully saturated rings. The van der Waals surface area contributed by atoms with Crippen LogP contribution in [-0.4, -0.2) is 11.6 Å². The Hall–Kier alpha value is -3.31. The number of rotatable bonds is 5. The first-order valence-electron chi connectivity index (χ1n) is 9.32. The van der Waals surface area contributed by atoms with Crippen molar-refractivity contribution in [2.75, 3.05) is 0 Å². The highest BCUT2D eigenvalue weighted by atomic mass is 31.2. The molecular formula is C26H19FOP+. The van der Waals surface area contributed by atoms with Crippen molar-refractivity contribution in [2.45, 2.75) is 0 Å². The highest BCUT2D eigenvalue weighted by Gasteiger charge is 2.31. The van der Waals surface area contributed by atoms with Crippen LogP contribution in [0.3, 0.4) is 0 Å². The van der Waals surface area contributed by atoms with Crippen molar-refractivity contribution in [3.63, 3.8) is 0 Å². The van der Waals surface area contributed by atoms with Gasteiger partial charge in [0.1, 0.15) is 18.0 Å². The molecule has 0 saturated heterocycles. The summed E-state index contributed by atoms with van der Waals surface area (Å²) in [6.45, 7) is -2.37. The monoisotopic (exact) mass is 397 g/mol. The van der Waals surface area contributed by atoms with E-state index in [4.69, 9.17) is 0 Å². The van der Waals surface area contributed by atoms with Crippen molar-refractivity contribution in [3.8, 4) is 0 Å². The molecule has 3 heteroatoms. The number of carbonyl (C=O) groups is 1. The number of carbonyl (C=O) groups excluding carboxylic acids is 1. The van der Waals surface area contributed by atoms with Gasteiger partial charge in [0.15, 0.2) is 5.78 Å². The molecule has 0 heterocycles. The average Bonchev–Trinajstić information content (AvgIpc) is 2.79. The minimum Gasteiger partial charge on any atom is -0.289 e. The topological polar surface area (TPSA) is 17.1 Å². The third kappa shape index (κ3) is 3.82. The zero-order valence-electron chi connectivity index (χ0n) is 15.7. The van der Waals surface area contributed by atoms with Crippen LogP contribution in [0.5, 0.6) is 0 Å². The van der Waals surface area contributed by atoms with Crippen LogP contribution in [0, 0.1) is 11.9 Å². The van der Waals surface area contributed by atoms with Crippen LogP contribution >= 0.6 is 6.89 Å². The zero-order valence-corrected chi connectivity index (χ0v) is 16.6. The fourth-order valence-electron chi connectivity index (χ4n) is 3.47. The molecule has 0 spiro atoms. The van der Waals surface area contributed by atoms with Crippen LogP contribution in [-0.2, 0) is 0 Å². The lowest BCUT2D eigenvalue weighted by Gasteiger charge is -2.26. The lowest BCUT2D eigenvalue weighted by molar-refractivity contribution is 0.107. The van der Waals surface area contributed by atoms with Crippen LogP contribution in [0.1, 0.15) is 10.4 Å². The largest absolute Gasteiger partial charge is 0.289 e. The minimum absolute atomic E-state index is 0.112. The molecule has 0 aromatic heterocycles. The number of hydrogen-bond acceptors (Lipinski definition) is 1. The van der Waals surface area contributed by atoms with Gasteiger partial charge in [-0.3, -0.25) is 4.79 Å². The first-order chi connectivity index (χ1) is 14.2. The van der Waals surface area contributed by atoms with E-state index in [-0.39, 0.29) is 11.6 Å². The number of hydrogen-bond donors (Lipinski definition) is 0. The maximum absolute atomic E-state index is 13.4. The maximum atomic E-state index is 13.4. The molecule has 0 amide bonds. The van der Waals surface area contributed by atoms with Gasteiger partial charge >= 0.3 is 0 Å². The molecule has 4 rings (SSSR count). The molecule has 0 radical (unpaired) electrons. The van der Waals surface area contributed by atoms with Crippen LogP contribution in [0.2, 0.25) is 0 Å². The van der Waals surface area contributed by atoms with E-state index in [1.807, 2.05) is 66.5 Å². The summed E-state index contributed by atoms with van der Waals surface area (Å²) in [7, 11) is 0. The molecule has 3 aromatic rings. The zero-order chi connectivity index (χ0) is 20.1. The quantitative estimate of drug-likeness (QED) is 0.325. The average molecular weight is 397 g/mol. The van der Waals surface area contributed by atoms with Gasteiger partial charge in [-0.1, -0.05) is 60.7 Å². The van der Waals surface area contributed by atoms with Crippen molar-refractivity contribution in [3.05, 3.63) is 132 Å². The molecule has 0 atom stereocenters. The highest BCUT2D eigenvalue weighted by molar-refractivity contribution is 7.93. The summed E-state index contributed by atoms with van der Waals surface area (Å²) in [6, 6.07) is 26.0. The smallest absolute Gasteiger partial charge is 0.186 e. The van der Waals surface area contributed by atoms with Gasteiger partial charge in [0, 0.05) is 18.5 Å². The molecule has 0 bridgehead atoms. The number of benzene rings is 3. The van der Waals surface area contributed by atoms with Gasteiger partial charge in [-0.2, -0.15) is 0 Å². The molecule has 1 aliphatic rings. The Bertz CT molecular complexity index is 1110. The molecule has 29 heavy (non-hydrogen) atoms. The second-order valence-corrected chi connectivity index (χ2v) is 9.91. The number of halogens is 1. The van der Waals surface area contributed by atoms with E-state index in [1.165, 1.54) is 24.3 Å². The molecule has 1 nitrogen and oxygen atoms in total. The van der Waals surface area contributed by atoms with E-state index in [1.54, 1.807) is 0 Å². The van der Waals surface area contributed by atoms with E-state index >= 15 is 0 Å². The van der Waals surface area contributed by atoms with E-state index in [0.717, 1.165) is 15.9 Å². The maximum Gasteiger partial charge on any atom is 0.186 e. The SMILES string of the molecule is O=C(C=P(C1=CC=[C+]C=C1)(c1ccccc1)c1ccccc1)c1ccc(F)cc1. The first kappa shape index (κ1) is 19.0. The Morgan fingerprint density at radius 3 is 1.93 bits per heavy atom. The second-order valence-electron chi connectivity index (χ2n) is 6.65. The van der Waals surface area contributed by atoms with Gasteiger partial charge in [0.2, 0.25) is 0 Å². The lowest BCUT2D eigenvalue weighted by Crippen LogP contribution is -2.22. The predicted octanol–water partition coefficient (Wildman–Crippen LogP) is 5.29. The molecule has 0 unspecified atom stereocenters. The standard InChI is InChI=1S/C26H19FOP/c27-22-18-16-21(17-19-22)26(28)20-29(23-10-4-1-5-11-23,24-12-6-2-7-13-24)25-14-8-3-9-15-25/h1-2,4-20H/q+1. The first-order valence-corrected chi connectivity index (χ1v) is 11.2. The second kappa shape index (κ2) is 8.37. The molecule has 0 N–H and O–H groups in total. The summed E-state index contributed by atoms with van der Waals surface area (Å²) in [4.78, 5) is 13.3. The van der Waals surface area contributed by atoms with Crippen LogP contribution in [0.4, 0.5) is 4.39 Å². The normalized spacial score (nSPS) is 12.8. The Balaban J connectivity index is 2.03. The van der Waals surface area contributed by atoms with Crippen LogP contribution in [0.15, 0.2) is 115 Å².